The van der Waals surface area contributed by atoms with Crippen molar-refractivity contribution >= 4 is 37.3 Å². The number of sulfonamides is 1. The molecule has 1 aromatic rings. The average Bonchev–Trinajstić information content (AvgIpc) is 2.48. The van der Waals surface area contributed by atoms with Crippen molar-refractivity contribution < 1.29 is 8.42 Å². The number of hydrogen-bond acceptors (Lipinski definition) is 3. The minimum atomic E-state index is -3.14. The van der Waals surface area contributed by atoms with Gasteiger partial charge in [0.15, 0.2) is 0 Å². The number of thiophene rings is 1. The van der Waals surface area contributed by atoms with E-state index in [-0.39, 0.29) is 4.66 Å². The van der Waals surface area contributed by atoms with Crippen LogP contribution in [0.25, 0.3) is 0 Å². The molecule has 0 atom stereocenters. The molecule has 0 aliphatic carbocycles. The first kappa shape index (κ1) is 11.2. The van der Waals surface area contributed by atoms with Crippen LogP contribution in [0.5, 0.6) is 0 Å². The highest BCUT2D eigenvalue weighted by atomic mass is 79.9. The lowest BCUT2D eigenvalue weighted by Crippen LogP contribution is -2.23. The molecule has 0 saturated carbocycles. The van der Waals surface area contributed by atoms with Crippen molar-refractivity contribution in [1.29, 1.82) is 0 Å². The lowest BCUT2D eigenvalue weighted by molar-refractivity contribution is 0.587. The molecule has 0 saturated heterocycles. The highest BCUT2D eigenvalue weighted by Crippen LogP contribution is 2.14. The van der Waals surface area contributed by atoms with Gasteiger partial charge < -0.3 is 0 Å². The van der Waals surface area contributed by atoms with E-state index in [0.717, 1.165) is 4.88 Å². The number of nitrogens with one attached hydrogen (secondary N) is 1. The van der Waals surface area contributed by atoms with E-state index < -0.39 is 10.0 Å². The van der Waals surface area contributed by atoms with Gasteiger partial charge in [0, 0.05) is 16.3 Å². The maximum atomic E-state index is 11.0. The van der Waals surface area contributed by atoms with Gasteiger partial charge in [-0.1, -0.05) is 15.9 Å². The average molecular weight is 284 g/mol. The van der Waals surface area contributed by atoms with E-state index in [9.17, 15) is 8.42 Å². The van der Waals surface area contributed by atoms with E-state index in [1.54, 1.807) is 11.3 Å². The summed E-state index contributed by atoms with van der Waals surface area (Å²) >= 11 is 4.50. The van der Waals surface area contributed by atoms with Gasteiger partial charge in [0.05, 0.1) is 0 Å². The first-order valence-electron chi connectivity index (χ1n) is 3.62. The van der Waals surface area contributed by atoms with Crippen molar-refractivity contribution in [3.63, 3.8) is 0 Å². The summed E-state index contributed by atoms with van der Waals surface area (Å²) in [6.07, 6.45) is 0. The summed E-state index contributed by atoms with van der Waals surface area (Å²) in [5.41, 5.74) is 0. The van der Waals surface area contributed by atoms with Gasteiger partial charge >= 0.3 is 0 Å². The molecule has 1 rings (SSSR count). The van der Waals surface area contributed by atoms with Crippen molar-refractivity contribution in [3.8, 4) is 0 Å². The minimum Gasteiger partial charge on any atom is -0.212 e. The summed E-state index contributed by atoms with van der Waals surface area (Å²) in [6, 6.07) is 3.90. The number of aryl methyl sites for hydroxylation is 1. The molecule has 1 heterocycles. The second kappa shape index (κ2) is 4.54. The molecule has 6 heteroatoms. The van der Waals surface area contributed by atoms with Crippen LogP contribution in [-0.2, 0) is 16.6 Å². The zero-order chi connectivity index (χ0) is 9.90. The molecule has 0 aromatic carbocycles. The fourth-order valence-electron chi connectivity index (χ4n) is 0.800. The van der Waals surface area contributed by atoms with Crippen LogP contribution in [-0.4, -0.2) is 13.1 Å². The summed E-state index contributed by atoms with van der Waals surface area (Å²) < 4.78 is 24.5. The van der Waals surface area contributed by atoms with Gasteiger partial charge in [-0.25, -0.2) is 13.1 Å². The molecule has 74 valence electrons. The molecule has 1 N–H and O–H groups in total. The Morgan fingerprint density at radius 2 is 2.23 bits per heavy atom. The van der Waals surface area contributed by atoms with E-state index >= 15 is 0 Å². The van der Waals surface area contributed by atoms with Crippen LogP contribution in [0.15, 0.2) is 12.1 Å². The zero-order valence-electron chi connectivity index (χ0n) is 7.08. The van der Waals surface area contributed by atoms with Crippen molar-refractivity contribution in [2.24, 2.45) is 0 Å². The van der Waals surface area contributed by atoms with Crippen LogP contribution in [0.3, 0.4) is 0 Å². The van der Waals surface area contributed by atoms with Crippen LogP contribution >= 0.6 is 27.3 Å². The van der Waals surface area contributed by atoms with Crippen LogP contribution in [0.2, 0.25) is 0 Å². The third-order valence-corrected chi connectivity index (χ3v) is 5.09. The normalized spacial score (nSPS) is 11.8. The fourth-order valence-corrected chi connectivity index (χ4v) is 2.66. The van der Waals surface area contributed by atoms with Crippen LogP contribution < -0.4 is 4.72 Å². The van der Waals surface area contributed by atoms with Gasteiger partial charge in [-0.05, 0) is 19.1 Å². The number of hydrogen-bond donors (Lipinski definition) is 1. The maximum Gasteiger partial charge on any atom is 0.221 e. The van der Waals surface area contributed by atoms with Crippen LogP contribution in [0.1, 0.15) is 9.75 Å². The Labute approximate surface area is 90.3 Å². The Hall–Kier alpha value is 0.0900. The predicted octanol–water partition coefficient (Wildman–Crippen LogP) is 1.83. The van der Waals surface area contributed by atoms with Crippen LogP contribution in [0, 0.1) is 6.92 Å². The first-order chi connectivity index (χ1) is 6.03. The lowest BCUT2D eigenvalue weighted by Gasteiger charge is -2.00. The second-order valence-electron chi connectivity index (χ2n) is 2.56. The molecule has 0 unspecified atom stereocenters. The molecular formula is C7H10BrNO2S2. The zero-order valence-corrected chi connectivity index (χ0v) is 10.3. The van der Waals surface area contributed by atoms with Gasteiger partial charge in [-0.2, -0.15) is 0 Å². The van der Waals surface area contributed by atoms with Crippen molar-refractivity contribution in [1.82, 2.24) is 4.72 Å². The molecule has 3 nitrogen and oxygen atoms in total. The molecule has 0 spiro atoms. The van der Waals surface area contributed by atoms with Crippen molar-refractivity contribution in [2.45, 2.75) is 13.5 Å². The van der Waals surface area contributed by atoms with E-state index in [2.05, 4.69) is 20.7 Å². The SMILES string of the molecule is Cc1ccc(CNS(=O)(=O)CBr)s1. The third-order valence-electron chi connectivity index (χ3n) is 1.41. The standard InChI is InChI=1S/C7H10BrNO2S2/c1-6-2-3-7(12-6)4-9-13(10,11)5-8/h2-3,9H,4-5H2,1H3. The molecule has 0 aliphatic heterocycles. The van der Waals surface area contributed by atoms with E-state index in [4.69, 9.17) is 0 Å². The quantitative estimate of drug-likeness (QED) is 0.857. The summed E-state index contributed by atoms with van der Waals surface area (Å²) in [5.74, 6) is 0. The minimum absolute atomic E-state index is 0.0512. The fraction of sp³-hybridized carbons (Fsp3) is 0.429. The number of halogens is 1. The third kappa shape index (κ3) is 3.76. The maximum absolute atomic E-state index is 11.0. The monoisotopic (exact) mass is 283 g/mol. The van der Waals surface area contributed by atoms with Gasteiger partial charge in [-0.3, -0.25) is 0 Å². The van der Waals surface area contributed by atoms with Gasteiger partial charge in [-0.15, -0.1) is 11.3 Å². The molecule has 0 radical (unpaired) electrons. The largest absolute Gasteiger partial charge is 0.221 e. The Morgan fingerprint density at radius 1 is 1.54 bits per heavy atom. The molecule has 0 amide bonds. The summed E-state index contributed by atoms with van der Waals surface area (Å²) in [5, 5.41) is 0. The van der Waals surface area contributed by atoms with Gasteiger partial charge in [0.1, 0.15) is 4.66 Å². The molecular weight excluding hydrogens is 274 g/mol. The summed E-state index contributed by atoms with van der Waals surface area (Å²) in [7, 11) is -3.14. The lowest BCUT2D eigenvalue weighted by atomic mass is 10.4. The molecule has 0 bridgehead atoms. The first-order valence-corrected chi connectivity index (χ1v) is 7.21. The van der Waals surface area contributed by atoms with Gasteiger partial charge in [0.2, 0.25) is 10.0 Å². The summed E-state index contributed by atoms with van der Waals surface area (Å²) in [4.78, 5) is 2.22. The van der Waals surface area contributed by atoms with Crippen LogP contribution in [0.4, 0.5) is 0 Å². The van der Waals surface area contributed by atoms with E-state index in [0.29, 0.717) is 6.54 Å². The predicted molar refractivity (Wildman–Crippen MR) is 58.6 cm³/mol. The molecule has 0 fully saturated rings. The Morgan fingerprint density at radius 3 is 2.69 bits per heavy atom. The molecule has 13 heavy (non-hydrogen) atoms. The van der Waals surface area contributed by atoms with Crippen molar-refractivity contribution in [2.75, 3.05) is 4.66 Å². The molecule has 1 aromatic heterocycles. The van der Waals surface area contributed by atoms with E-state index in [1.807, 2.05) is 19.1 Å². The topological polar surface area (TPSA) is 46.2 Å². The highest BCUT2D eigenvalue weighted by molar-refractivity contribution is 9.10. The second-order valence-corrected chi connectivity index (χ2v) is 7.04. The Bertz CT molecular complexity index is 372. The molecule has 0 aliphatic rings. The van der Waals surface area contributed by atoms with Gasteiger partial charge in [0.25, 0.3) is 0 Å². The number of alkyl halides is 1. The Balaban J connectivity index is 2.53. The van der Waals surface area contributed by atoms with E-state index in [1.165, 1.54) is 4.88 Å². The summed E-state index contributed by atoms with van der Waals surface area (Å²) in [6.45, 7) is 2.37. The highest BCUT2D eigenvalue weighted by Gasteiger charge is 2.07. The van der Waals surface area contributed by atoms with Crippen molar-refractivity contribution in [3.05, 3.63) is 21.9 Å². The number of rotatable bonds is 4. The smallest absolute Gasteiger partial charge is 0.212 e. The Kier molecular flexibility index (Phi) is 3.90.